The molecule has 146 valence electrons. The van der Waals surface area contributed by atoms with Gasteiger partial charge in [-0.3, -0.25) is 4.79 Å². The molecule has 0 spiro atoms. The highest BCUT2D eigenvalue weighted by Crippen LogP contribution is 2.22. The van der Waals surface area contributed by atoms with Gasteiger partial charge in [-0.1, -0.05) is 30.3 Å². The Labute approximate surface area is 165 Å². The Morgan fingerprint density at radius 3 is 2.86 bits per heavy atom. The predicted octanol–water partition coefficient (Wildman–Crippen LogP) is 5.11. The third-order valence-electron chi connectivity index (χ3n) is 5.71. The van der Waals surface area contributed by atoms with E-state index in [9.17, 15) is 9.18 Å². The molecule has 1 fully saturated rings. The predicted molar refractivity (Wildman–Crippen MR) is 111 cm³/mol. The number of carbonyl (C=O) groups is 1. The van der Waals surface area contributed by atoms with Crippen LogP contribution in [0.5, 0.6) is 0 Å². The smallest absolute Gasteiger partial charge is 0.222 e. The number of aryl methyl sites for hydroxylation is 1. The number of likely N-dealkylation sites (tertiary alicyclic amines) is 1. The lowest BCUT2D eigenvalue weighted by atomic mass is 9.91. The number of nitrogens with zero attached hydrogens (tertiary/aromatic N) is 1. The maximum Gasteiger partial charge on any atom is 0.222 e. The van der Waals surface area contributed by atoms with Gasteiger partial charge < -0.3 is 9.88 Å². The highest BCUT2D eigenvalue weighted by molar-refractivity contribution is 5.80. The molecule has 1 amide bonds. The number of benzene rings is 2. The molecule has 1 unspecified atom stereocenters. The highest BCUT2D eigenvalue weighted by atomic mass is 19.1. The second-order valence-corrected chi connectivity index (χ2v) is 7.92. The van der Waals surface area contributed by atoms with Crippen molar-refractivity contribution in [1.82, 2.24) is 9.88 Å². The van der Waals surface area contributed by atoms with Crippen LogP contribution in [0, 0.1) is 11.7 Å². The lowest BCUT2D eigenvalue weighted by molar-refractivity contribution is -0.133. The second kappa shape index (κ2) is 8.59. The van der Waals surface area contributed by atoms with Crippen LogP contribution in [0.15, 0.2) is 54.6 Å². The van der Waals surface area contributed by atoms with Crippen LogP contribution >= 0.6 is 0 Å². The van der Waals surface area contributed by atoms with Crippen molar-refractivity contribution in [2.75, 3.05) is 13.1 Å². The fourth-order valence-electron chi connectivity index (χ4n) is 4.29. The van der Waals surface area contributed by atoms with Crippen LogP contribution < -0.4 is 0 Å². The molecule has 3 aromatic rings. The SMILES string of the molecule is O=C(CCCc1cc2cc(F)ccc2[nH]1)N1CCCC(Cc2ccccc2)C1. The molecule has 3 nitrogen and oxygen atoms in total. The first-order valence-electron chi connectivity index (χ1n) is 10.3. The standard InChI is InChI=1S/C24H27FN2O/c25-21-11-12-23-20(15-21)16-22(26-23)9-4-10-24(28)27-13-5-8-19(17-27)14-18-6-2-1-3-7-18/h1-3,6-7,11-12,15-16,19,26H,4-5,8-10,13-14,17H2. The van der Waals surface area contributed by atoms with Gasteiger partial charge >= 0.3 is 0 Å². The van der Waals surface area contributed by atoms with Crippen molar-refractivity contribution >= 4 is 16.8 Å². The third kappa shape index (κ3) is 4.61. The number of aromatic amines is 1. The zero-order valence-corrected chi connectivity index (χ0v) is 16.2. The lowest BCUT2D eigenvalue weighted by Crippen LogP contribution is -2.40. The van der Waals surface area contributed by atoms with E-state index in [0.717, 1.165) is 55.4 Å². The van der Waals surface area contributed by atoms with Crippen LogP contribution in [-0.2, 0) is 17.6 Å². The van der Waals surface area contributed by atoms with Crippen LogP contribution in [-0.4, -0.2) is 28.9 Å². The first kappa shape index (κ1) is 18.7. The van der Waals surface area contributed by atoms with Gasteiger partial charge in [-0.25, -0.2) is 4.39 Å². The molecule has 4 rings (SSSR count). The van der Waals surface area contributed by atoms with Crippen LogP contribution in [0.25, 0.3) is 10.9 Å². The molecule has 0 aliphatic carbocycles. The first-order valence-corrected chi connectivity index (χ1v) is 10.3. The summed E-state index contributed by atoms with van der Waals surface area (Å²) in [5, 5.41) is 0.890. The number of amides is 1. The number of fused-ring (bicyclic) bond motifs is 1. The molecule has 1 aromatic heterocycles. The number of halogens is 1. The Hall–Kier alpha value is -2.62. The molecule has 1 aliphatic rings. The molecule has 1 saturated heterocycles. The van der Waals surface area contributed by atoms with Gasteiger partial charge in [0.15, 0.2) is 0 Å². The topological polar surface area (TPSA) is 36.1 Å². The molecule has 4 heteroatoms. The van der Waals surface area contributed by atoms with Crippen molar-refractivity contribution in [3.05, 3.63) is 71.7 Å². The minimum absolute atomic E-state index is 0.219. The molecule has 0 radical (unpaired) electrons. The second-order valence-electron chi connectivity index (χ2n) is 7.92. The number of carbonyl (C=O) groups excluding carboxylic acids is 1. The average Bonchev–Trinajstić information content (AvgIpc) is 3.10. The van der Waals surface area contributed by atoms with Crippen LogP contribution in [0.3, 0.4) is 0 Å². The van der Waals surface area contributed by atoms with Gasteiger partial charge in [0.1, 0.15) is 5.82 Å². The molecule has 2 heterocycles. The summed E-state index contributed by atoms with van der Waals surface area (Å²) in [4.78, 5) is 18.0. The molecule has 0 saturated carbocycles. The van der Waals surface area contributed by atoms with E-state index in [1.54, 1.807) is 12.1 Å². The summed E-state index contributed by atoms with van der Waals surface area (Å²) in [6.45, 7) is 1.76. The highest BCUT2D eigenvalue weighted by Gasteiger charge is 2.23. The number of hydrogen-bond acceptors (Lipinski definition) is 1. The maximum atomic E-state index is 13.3. The quantitative estimate of drug-likeness (QED) is 0.636. The fraction of sp³-hybridized carbons (Fsp3) is 0.375. The van der Waals surface area contributed by atoms with Crippen molar-refractivity contribution in [2.45, 2.75) is 38.5 Å². The van der Waals surface area contributed by atoms with E-state index < -0.39 is 0 Å². The summed E-state index contributed by atoms with van der Waals surface area (Å²) in [6, 6.07) is 17.3. The van der Waals surface area contributed by atoms with Gasteiger partial charge in [0.25, 0.3) is 0 Å². The molecule has 1 atom stereocenters. The van der Waals surface area contributed by atoms with Gasteiger partial charge in [0.05, 0.1) is 0 Å². The zero-order chi connectivity index (χ0) is 19.3. The van der Waals surface area contributed by atoms with Gasteiger partial charge in [-0.05, 0) is 67.9 Å². The number of H-pyrrole nitrogens is 1. The van der Waals surface area contributed by atoms with Crippen molar-refractivity contribution in [3.8, 4) is 0 Å². The normalized spacial score (nSPS) is 17.2. The van der Waals surface area contributed by atoms with Crippen molar-refractivity contribution in [1.29, 1.82) is 0 Å². The lowest BCUT2D eigenvalue weighted by Gasteiger charge is -2.33. The summed E-state index contributed by atoms with van der Waals surface area (Å²) in [5.41, 5.74) is 3.37. The van der Waals surface area contributed by atoms with Crippen molar-refractivity contribution < 1.29 is 9.18 Å². The molecular weight excluding hydrogens is 351 g/mol. The number of hydrogen-bond donors (Lipinski definition) is 1. The number of nitrogens with one attached hydrogen (secondary N) is 1. The maximum absolute atomic E-state index is 13.3. The molecule has 2 aromatic carbocycles. The van der Waals surface area contributed by atoms with E-state index in [1.807, 2.05) is 12.1 Å². The number of rotatable bonds is 6. The molecule has 1 aliphatic heterocycles. The van der Waals surface area contributed by atoms with Crippen molar-refractivity contribution in [3.63, 3.8) is 0 Å². The molecule has 0 bridgehead atoms. The van der Waals surface area contributed by atoms with Gasteiger partial charge in [0.2, 0.25) is 5.91 Å². The first-order chi connectivity index (χ1) is 13.7. The Balaban J connectivity index is 1.27. The third-order valence-corrected chi connectivity index (χ3v) is 5.71. The van der Waals surface area contributed by atoms with Gasteiger partial charge in [-0.2, -0.15) is 0 Å². The summed E-state index contributed by atoms with van der Waals surface area (Å²) in [6.07, 6.45) is 5.54. The largest absolute Gasteiger partial charge is 0.358 e. The Kier molecular flexibility index (Phi) is 5.75. The summed E-state index contributed by atoms with van der Waals surface area (Å²) >= 11 is 0. The van der Waals surface area contributed by atoms with E-state index in [-0.39, 0.29) is 11.7 Å². The Morgan fingerprint density at radius 2 is 2.00 bits per heavy atom. The van der Waals surface area contributed by atoms with Crippen LogP contribution in [0.2, 0.25) is 0 Å². The van der Waals surface area contributed by atoms with E-state index >= 15 is 0 Å². The fourth-order valence-corrected chi connectivity index (χ4v) is 4.29. The molecule has 28 heavy (non-hydrogen) atoms. The molecule has 1 N–H and O–H groups in total. The van der Waals surface area contributed by atoms with Gasteiger partial charge in [0, 0.05) is 36.1 Å². The average molecular weight is 378 g/mol. The monoisotopic (exact) mass is 378 g/mol. The minimum atomic E-state index is -0.219. The number of aromatic nitrogens is 1. The summed E-state index contributed by atoms with van der Waals surface area (Å²) in [7, 11) is 0. The minimum Gasteiger partial charge on any atom is -0.358 e. The Bertz CT molecular complexity index is 934. The van der Waals surface area contributed by atoms with Gasteiger partial charge in [-0.15, -0.1) is 0 Å². The van der Waals surface area contributed by atoms with Crippen LogP contribution in [0.1, 0.15) is 36.9 Å². The van der Waals surface area contributed by atoms with E-state index in [0.29, 0.717) is 12.3 Å². The van der Waals surface area contributed by atoms with Crippen LogP contribution in [0.4, 0.5) is 4.39 Å². The summed E-state index contributed by atoms with van der Waals surface area (Å²) in [5.74, 6) is 0.604. The van der Waals surface area contributed by atoms with E-state index in [4.69, 9.17) is 0 Å². The Morgan fingerprint density at radius 1 is 1.14 bits per heavy atom. The zero-order valence-electron chi connectivity index (χ0n) is 16.2. The van der Waals surface area contributed by atoms with E-state index in [1.165, 1.54) is 18.1 Å². The molecular formula is C24H27FN2O. The summed E-state index contributed by atoms with van der Waals surface area (Å²) < 4.78 is 13.3. The van der Waals surface area contributed by atoms with Crippen molar-refractivity contribution in [2.24, 2.45) is 5.92 Å². The van der Waals surface area contributed by atoms with E-state index in [2.05, 4.69) is 34.1 Å². The number of piperidine rings is 1.